The normalized spacial score (nSPS) is 7.90. The van der Waals surface area contributed by atoms with Crippen LogP contribution in [0, 0.1) is 0 Å². The van der Waals surface area contributed by atoms with Gasteiger partial charge in [0, 0.05) is 13.5 Å². The number of hydrogen-bond acceptors (Lipinski definition) is 3. The topological polar surface area (TPSA) is 75.3 Å². The first-order chi connectivity index (χ1) is 4.65. The third kappa shape index (κ3) is 52.8. The van der Waals surface area contributed by atoms with E-state index in [2.05, 4.69) is 12.3 Å². The molecule has 0 saturated carbocycles. The molecule has 4 heteroatoms. The number of unbranched alkanes of at least 4 members (excludes halogenated alkanes) is 1. The van der Waals surface area contributed by atoms with Gasteiger partial charge in [0.1, 0.15) is 0 Å². The standard InChI is InChI=1S/C4H12N2.C2H4O2/c1-2-3-4-6-5;1-2(3)4/h6H,2-5H2,1H3;1H3,(H,3,4). The monoisotopic (exact) mass is 148 g/mol. The molecule has 0 amide bonds. The van der Waals surface area contributed by atoms with E-state index in [1.165, 1.54) is 12.8 Å². The molecule has 0 aliphatic carbocycles. The van der Waals surface area contributed by atoms with Gasteiger partial charge < -0.3 is 5.11 Å². The van der Waals surface area contributed by atoms with Crippen molar-refractivity contribution in [1.82, 2.24) is 5.43 Å². The molecule has 0 heterocycles. The summed E-state index contributed by atoms with van der Waals surface area (Å²) in [5, 5.41) is 7.42. The van der Waals surface area contributed by atoms with Crippen molar-refractivity contribution >= 4 is 5.97 Å². The lowest BCUT2D eigenvalue weighted by molar-refractivity contribution is -0.134. The van der Waals surface area contributed by atoms with Crippen LogP contribution in [0.25, 0.3) is 0 Å². The number of hydrogen-bond donors (Lipinski definition) is 3. The Balaban J connectivity index is 0. The molecule has 4 nitrogen and oxygen atoms in total. The average Bonchev–Trinajstić information content (AvgIpc) is 1.82. The van der Waals surface area contributed by atoms with Crippen LogP contribution in [0.5, 0.6) is 0 Å². The first kappa shape index (κ1) is 12.1. The highest BCUT2D eigenvalue weighted by molar-refractivity contribution is 5.62. The molecule has 0 atom stereocenters. The molecule has 62 valence electrons. The maximum atomic E-state index is 9.00. The van der Waals surface area contributed by atoms with Gasteiger partial charge in [-0.2, -0.15) is 0 Å². The van der Waals surface area contributed by atoms with Crippen LogP contribution < -0.4 is 11.3 Å². The van der Waals surface area contributed by atoms with Crippen molar-refractivity contribution in [3.8, 4) is 0 Å². The number of carbonyl (C=O) groups is 1. The zero-order valence-electron chi connectivity index (χ0n) is 6.55. The van der Waals surface area contributed by atoms with E-state index in [-0.39, 0.29) is 0 Å². The van der Waals surface area contributed by atoms with E-state index in [4.69, 9.17) is 15.7 Å². The Morgan fingerprint density at radius 2 is 2.10 bits per heavy atom. The SMILES string of the molecule is CC(=O)O.CCCCNN. The van der Waals surface area contributed by atoms with E-state index in [0.29, 0.717) is 0 Å². The fourth-order valence-electron chi connectivity index (χ4n) is 0.279. The second-order valence-corrected chi connectivity index (χ2v) is 1.83. The summed E-state index contributed by atoms with van der Waals surface area (Å²) in [6.45, 7) is 4.16. The molecule has 0 spiro atoms. The molecule has 0 radical (unpaired) electrons. The maximum absolute atomic E-state index is 9.00. The van der Waals surface area contributed by atoms with E-state index >= 15 is 0 Å². The van der Waals surface area contributed by atoms with Crippen molar-refractivity contribution in [2.24, 2.45) is 5.84 Å². The van der Waals surface area contributed by atoms with Crippen LogP contribution in [0.15, 0.2) is 0 Å². The Hall–Kier alpha value is -0.610. The molecule has 0 unspecified atom stereocenters. The van der Waals surface area contributed by atoms with Crippen LogP contribution >= 0.6 is 0 Å². The zero-order chi connectivity index (χ0) is 8.41. The molecule has 0 fully saturated rings. The highest BCUT2D eigenvalue weighted by Crippen LogP contribution is 1.78. The predicted octanol–water partition coefficient (Wildman–Crippen LogP) is 0.341. The molecule has 4 N–H and O–H groups in total. The number of aliphatic carboxylic acids is 1. The summed E-state index contributed by atoms with van der Waals surface area (Å²) in [4.78, 5) is 9.00. The summed E-state index contributed by atoms with van der Waals surface area (Å²) >= 11 is 0. The molecule has 0 bridgehead atoms. The fraction of sp³-hybridized carbons (Fsp3) is 0.833. The lowest BCUT2D eigenvalue weighted by atomic mass is 10.3. The third-order valence-corrected chi connectivity index (χ3v) is 0.675. The van der Waals surface area contributed by atoms with Crippen molar-refractivity contribution in [1.29, 1.82) is 0 Å². The van der Waals surface area contributed by atoms with Gasteiger partial charge in [0.05, 0.1) is 0 Å². The maximum Gasteiger partial charge on any atom is 0.300 e. The van der Waals surface area contributed by atoms with Crippen LogP contribution in [0.3, 0.4) is 0 Å². The van der Waals surface area contributed by atoms with Gasteiger partial charge in [-0.1, -0.05) is 13.3 Å². The Labute approximate surface area is 61.4 Å². The molecular weight excluding hydrogens is 132 g/mol. The molecule has 0 saturated heterocycles. The molecule has 0 aromatic rings. The van der Waals surface area contributed by atoms with Crippen molar-refractivity contribution in [3.63, 3.8) is 0 Å². The van der Waals surface area contributed by atoms with Crippen LogP contribution in [-0.4, -0.2) is 17.6 Å². The smallest absolute Gasteiger partial charge is 0.300 e. The quantitative estimate of drug-likeness (QED) is 0.306. The molecule has 10 heavy (non-hydrogen) atoms. The zero-order valence-corrected chi connectivity index (χ0v) is 6.55. The minimum absolute atomic E-state index is 0.833. The van der Waals surface area contributed by atoms with Crippen LogP contribution in [0.4, 0.5) is 0 Å². The molecule has 0 rings (SSSR count). The van der Waals surface area contributed by atoms with Crippen molar-refractivity contribution in [2.45, 2.75) is 26.7 Å². The number of rotatable bonds is 3. The molecule has 0 aliphatic heterocycles. The summed E-state index contributed by atoms with van der Waals surface area (Å²) in [5.74, 6) is 4.13. The number of nitrogens with one attached hydrogen (secondary N) is 1. The minimum atomic E-state index is -0.833. The number of nitrogens with two attached hydrogens (primary N) is 1. The van der Waals surface area contributed by atoms with Crippen LogP contribution in [-0.2, 0) is 4.79 Å². The highest BCUT2D eigenvalue weighted by atomic mass is 16.4. The van der Waals surface area contributed by atoms with Gasteiger partial charge in [-0.15, -0.1) is 0 Å². The Morgan fingerprint density at radius 1 is 1.70 bits per heavy atom. The Bertz CT molecular complexity index is 68.1. The fourth-order valence-corrected chi connectivity index (χ4v) is 0.279. The van der Waals surface area contributed by atoms with Gasteiger partial charge in [-0.25, -0.2) is 0 Å². The lowest BCUT2D eigenvalue weighted by Gasteiger charge is -1.89. The Kier molecular flexibility index (Phi) is 13.6. The van der Waals surface area contributed by atoms with Crippen molar-refractivity contribution in [3.05, 3.63) is 0 Å². The van der Waals surface area contributed by atoms with Crippen LogP contribution in [0.1, 0.15) is 26.7 Å². The number of hydrazine groups is 1. The molecular formula is C6H16N2O2. The van der Waals surface area contributed by atoms with Gasteiger partial charge in [0.25, 0.3) is 5.97 Å². The number of carboxylic acid groups (broad SMARTS) is 1. The Morgan fingerprint density at radius 3 is 2.20 bits per heavy atom. The van der Waals surface area contributed by atoms with E-state index in [9.17, 15) is 0 Å². The van der Waals surface area contributed by atoms with Crippen molar-refractivity contribution in [2.75, 3.05) is 6.54 Å². The van der Waals surface area contributed by atoms with Gasteiger partial charge in [0.2, 0.25) is 0 Å². The average molecular weight is 148 g/mol. The molecule has 0 aliphatic rings. The summed E-state index contributed by atoms with van der Waals surface area (Å²) in [5.41, 5.74) is 2.57. The minimum Gasteiger partial charge on any atom is -0.481 e. The van der Waals surface area contributed by atoms with Crippen molar-refractivity contribution < 1.29 is 9.90 Å². The van der Waals surface area contributed by atoms with Gasteiger partial charge in [0.15, 0.2) is 0 Å². The van der Waals surface area contributed by atoms with Crippen LogP contribution in [0.2, 0.25) is 0 Å². The first-order valence-corrected chi connectivity index (χ1v) is 3.28. The van der Waals surface area contributed by atoms with E-state index in [1.807, 2.05) is 0 Å². The number of carboxylic acids is 1. The largest absolute Gasteiger partial charge is 0.481 e. The second-order valence-electron chi connectivity index (χ2n) is 1.83. The van der Waals surface area contributed by atoms with Gasteiger partial charge >= 0.3 is 0 Å². The predicted molar refractivity (Wildman–Crippen MR) is 40.4 cm³/mol. The molecule has 0 aromatic heterocycles. The molecule has 0 aromatic carbocycles. The van der Waals surface area contributed by atoms with E-state index in [1.54, 1.807) is 0 Å². The lowest BCUT2D eigenvalue weighted by Crippen LogP contribution is -2.22. The highest BCUT2D eigenvalue weighted by Gasteiger charge is 1.73. The summed E-state index contributed by atoms with van der Waals surface area (Å²) in [6, 6.07) is 0. The summed E-state index contributed by atoms with van der Waals surface area (Å²) in [6.07, 6.45) is 2.39. The second kappa shape index (κ2) is 11.2. The van der Waals surface area contributed by atoms with E-state index in [0.717, 1.165) is 13.5 Å². The summed E-state index contributed by atoms with van der Waals surface area (Å²) < 4.78 is 0. The summed E-state index contributed by atoms with van der Waals surface area (Å²) in [7, 11) is 0. The van der Waals surface area contributed by atoms with Gasteiger partial charge in [-0.3, -0.25) is 16.1 Å². The first-order valence-electron chi connectivity index (χ1n) is 3.28. The third-order valence-electron chi connectivity index (χ3n) is 0.675. The van der Waals surface area contributed by atoms with E-state index < -0.39 is 5.97 Å². The van der Waals surface area contributed by atoms with Gasteiger partial charge in [-0.05, 0) is 6.42 Å².